The van der Waals surface area contributed by atoms with Crippen LogP contribution in [0.4, 0.5) is 0 Å². The molecule has 2 aromatic rings. The summed E-state index contributed by atoms with van der Waals surface area (Å²) in [5, 5.41) is 24.7. The minimum atomic E-state index is -1.60. The number of nitrogens with zero attached hydrogens (tertiary/aromatic N) is 3. The summed E-state index contributed by atoms with van der Waals surface area (Å²) in [4.78, 5) is 154. The molecule has 27 heteroatoms. The Labute approximate surface area is 457 Å². The number of primary amides is 2. The summed E-state index contributed by atoms with van der Waals surface area (Å²) in [6, 6.07) is 6.93. The van der Waals surface area contributed by atoms with Gasteiger partial charge in [0.2, 0.25) is 59.1 Å². The third kappa shape index (κ3) is 21.3. The van der Waals surface area contributed by atoms with E-state index in [-0.39, 0.29) is 64.1 Å². The zero-order valence-corrected chi connectivity index (χ0v) is 44.3. The van der Waals surface area contributed by atoms with Crippen molar-refractivity contribution in [3.8, 4) is 0 Å². The lowest BCUT2D eigenvalue weighted by Crippen LogP contribution is -2.60. The van der Waals surface area contributed by atoms with Gasteiger partial charge in [0.05, 0.1) is 6.04 Å². The average Bonchev–Trinajstić information content (AvgIpc) is 4.13. The second kappa shape index (κ2) is 32.5. The smallest absolute Gasteiger partial charge is 0.322 e. The first-order chi connectivity index (χ1) is 37.7. The molecule has 2 aliphatic rings. The second-order valence-corrected chi connectivity index (χ2v) is 19.5. The predicted molar refractivity (Wildman–Crippen MR) is 288 cm³/mol. The van der Waals surface area contributed by atoms with Gasteiger partial charge < -0.3 is 81.2 Å². The van der Waals surface area contributed by atoms with Gasteiger partial charge in [-0.2, -0.15) is 0 Å². The number of guanidine groups is 1. The Morgan fingerprint density at radius 1 is 0.557 bits per heavy atom. The first-order valence-electron chi connectivity index (χ1n) is 26.5. The monoisotopic (exact) mass is 1100 g/mol. The number of hydrogen-bond acceptors (Lipinski definition) is 14. The van der Waals surface area contributed by atoms with Crippen LogP contribution in [0.3, 0.4) is 0 Å². The minimum absolute atomic E-state index is 0.0669. The Balaban J connectivity index is 1.54. The quantitative estimate of drug-likeness (QED) is 0.0185. The Kier molecular flexibility index (Phi) is 26.1. The number of carboxylic acid groups (broad SMARTS) is 1. The van der Waals surface area contributed by atoms with Crippen LogP contribution in [-0.2, 0) is 65.6 Å². The van der Waals surface area contributed by atoms with Crippen LogP contribution in [0.2, 0.25) is 0 Å². The lowest BCUT2D eigenvalue weighted by Gasteiger charge is -2.32. The molecule has 0 spiro atoms. The van der Waals surface area contributed by atoms with Crippen molar-refractivity contribution < 1.29 is 57.8 Å². The number of likely N-dealkylation sites (tertiary alicyclic amines) is 2. The van der Waals surface area contributed by atoms with Gasteiger partial charge in [-0.1, -0.05) is 60.7 Å². The fraction of sp³-hybridized carbons (Fsp3) is 0.538. The van der Waals surface area contributed by atoms with Crippen LogP contribution in [-0.4, -0.2) is 167 Å². The van der Waals surface area contributed by atoms with Crippen LogP contribution in [0.5, 0.6) is 0 Å². The van der Waals surface area contributed by atoms with E-state index in [0.29, 0.717) is 56.2 Å². The van der Waals surface area contributed by atoms with E-state index in [2.05, 4.69) is 36.9 Å². The van der Waals surface area contributed by atoms with Crippen molar-refractivity contribution in [2.75, 3.05) is 32.7 Å². The molecule has 19 N–H and O–H groups in total. The summed E-state index contributed by atoms with van der Waals surface area (Å²) in [5.74, 6) is -9.22. The average molecular weight is 1100 g/mol. The molecule has 8 unspecified atom stereocenters. The zero-order chi connectivity index (χ0) is 58.0. The molecule has 0 radical (unpaired) electrons. The molecule has 2 aliphatic heterocycles. The molecule has 8 atom stereocenters. The molecular weight excluding hydrogens is 1030 g/mol. The van der Waals surface area contributed by atoms with Crippen molar-refractivity contribution in [3.05, 3.63) is 71.8 Å². The molecule has 2 heterocycles. The van der Waals surface area contributed by atoms with E-state index in [1.165, 1.54) is 9.80 Å². The fourth-order valence-corrected chi connectivity index (χ4v) is 9.28. The molecule has 0 bridgehead atoms. The number of rotatable bonds is 33. The van der Waals surface area contributed by atoms with Crippen molar-refractivity contribution in [3.63, 3.8) is 0 Å². The van der Waals surface area contributed by atoms with E-state index in [4.69, 9.17) is 34.4 Å². The summed E-state index contributed by atoms with van der Waals surface area (Å²) < 4.78 is 0. The van der Waals surface area contributed by atoms with Gasteiger partial charge in [0.1, 0.15) is 48.8 Å². The van der Waals surface area contributed by atoms with Crippen LogP contribution < -0.4 is 66.3 Å². The highest BCUT2D eigenvalue weighted by Gasteiger charge is 2.42. The first-order valence-corrected chi connectivity index (χ1v) is 26.5. The van der Waals surface area contributed by atoms with Gasteiger partial charge in [0.25, 0.3) is 0 Å². The lowest BCUT2D eigenvalue weighted by atomic mass is 10.0. The van der Waals surface area contributed by atoms with Crippen LogP contribution in [0.1, 0.15) is 94.6 Å². The van der Waals surface area contributed by atoms with E-state index in [0.717, 1.165) is 0 Å². The van der Waals surface area contributed by atoms with Gasteiger partial charge in [0.15, 0.2) is 5.96 Å². The molecule has 0 aliphatic carbocycles. The number of nitrogens with one attached hydrogen (secondary N) is 6. The number of carboxylic acids is 1. The van der Waals surface area contributed by atoms with Crippen molar-refractivity contribution in [1.82, 2.24) is 41.7 Å². The van der Waals surface area contributed by atoms with E-state index >= 15 is 0 Å². The van der Waals surface area contributed by atoms with Crippen molar-refractivity contribution >= 4 is 71.0 Å². The Bertz CT molecular complexity index is 2460. The van der Waals surface area contributed by atoms with Gasteiger partial charge in [-0.15, -0.1) is 0 Å². The first kappa shape index (κ1) is 63.3. The third-order valence-electron chi connectivity index (χ3n) is 13.4. The largest absolute Gasteiger partial charge is 0.480 e. The Morgan fingerprint density at radius 2 is 1.01 bits per heavy atom. The number of hydrogen-bond donors (Lipinski definition) is 13. The van der Waals surface area contributed by atoms with Crippen LogP contribution in [0.25, 0.3) is 0 Å². The maximum atomic E-state index is 14.5. The summed E-state index contributed by atoms with van der Waals surface area (Å²) >= 11 is 0. The number of unbranched alkanes of at least 4 members (excludes halogenated alkanes) is 1. The molecule has 0 saturated carbocycles. The molecule has 2 aromatic carbocycles. The van der Waals surface area contributed by atoms with Gasteiger partial charge in [-0.05, 0) is 88.3 Å². The minimum Gasteiger partial charge on any atom is -0.480 e. The number of nitrogens with two attached hydrogens (primary N) is 6. The molecule has 27 nitrogen and oxygen atoms in total. The number of carbonyl (C=O) groups is 11. The number of benzene rings is 2. The van der Waals surface area contributed by atoms with E-state index in [9.17, 15) is 57.8 Å². The Hall–Kier alpha value is -8.20. The summed E-state index contributed by atoms with van der Waals surface area (Å²) in [6.07, 6.45) is 1.19. The van der Waals surface area contributed by atoms with Gasteiger partial charge in [-0.25, -0.2) is 0 Å². The Morgan fingerprint density at radius 3 is 1.49 bits per heavy atom. The maximum Gasteiger partial charge on any atom is 0.322 e. The molecule has 0 aromatic heterocycles. The molecule has 4 rings (SSSR count). The fourth-order valence-electron chi connectivity index (χ4n) is 9.28. The van der Waals surface area contributed by atoms with E-state index in [1.807, 2.05) is 0 Å². The van der Waals surface area contributed by atoms with Gasteiger partial charge in [0, 0.05) is 45.3 Å². The molecule has 2 fully saturated rings. The highest BCUT2D eigenvalue weighted by Crippen LogP contribution is 2.23. The molecule has 79 heavy (non-hydrogen) atoms. The SMILES string of the molecule is NCCCCC(NC(=O)C1CCCN1C(=O)C(N)CCCN=C(N)N)C(=O)N1CCCC1C(=O)NC(CCC(N)=O)C(=O)NC(CCC(N)=O)C(=O)NC(Cc1ccccc1)C(=O)NC(Cc1ccccc1)C(=O)NCC(=O)O. The van der Waals surface area contributed by atoms with Crippen molar-refractivity contribution in [1.29, 1.82) is 0 Å². The molecule has 10 amide bonds. The van der Waals surface area contributed by atoms with Gasteiger partial charge >= 0.3 is 5.97 Å². The normalized spacial score (nSPS) is 17.1. The second-order valence-electron chi connectivity index (χ2n) is 19.5. The number of carbonyl (C=O) groups excluding carboxylic acids is 10. The third-order valence-corrected chi connectivity index (χ3v) is 13.4. The van der Waals surface area contributed by atoms with Crippen LogP contribution in [0, 0.1) is 0 Å². The highest BCUT2D eigenvalue weighted by atomic mass is 16.4. The molecular formula is C52H77N15O12. The standard InChI is InChI=1S/C52H77N15O12/c53-24-8-7-17-36(63-49(77)39-18-10-26-66(39)50(78)33(54)16-9-25-59-52(57)58)51(79)67-27-11-19-40(67)48(76)62-35(21-23-42(56)69)45(73)61-34(20-22-41(55)68)46(74)65-38(29-32-14-5-2-6-15-32)47(75)64-37(44(72)60-30-43(70)71)28-31-12-3-1-4-13-31/h1-6,12-15,33-40H,7-11,16-30,53-54H2,(H2,55,68)(H2,56,69)(H,60,72)(H,61,73)(H,62,76)(H,63,77)(H,64,75)(H,65,74)(H,70,71)(H4,57,58,59). The van der Waals surface area contributed by atoms with Crippen LogP contribution >= 0.6 is 0 Å². The summed E-state index contributed by atoms with van der Waals surface area (Å²) in [5.41, 5.74) is 34.9. The van der Waals surface area contributed by atoms with Crippen molar-refractivity contribution in [2.45, 2.75) is 145 Å². The summed E-state index contributed by atoms with van der Waals surface area (Å²) in [6.45, 7) is 0.172. The number of aliphatic imine (C=N–C) groups is 1. The maximum absolute atomic E-state index is 14.5. The van der Waals surface area contributed by atoms with Crippen LogP contribution in [0.15, 0.2) is 65.7 Å². The number of amides is 10. The molecule has 432 valence electrons. The van der Waals surface area contributed by atoms with Gasteiger partial charge in [-0.3, -0.25) is 57.7 Å². The highest BCUT2D eigenvalue weighted by molar-refractivity contribution is 5.98. The predicted octanol–water partition coefficient (Wildman–Crippen LogP) is -3.88. The van der Waals surface area contributed by atoms with Crippen molar-refractivity contribution in [2.24, 2.45) is 39.4 Å². The zero-order valence-electron chi connectivity index (χ0n) is 44.3. The number of aliphatic carboxylic acids is 1. The summed E-state index contributed by atoms with van der Waals surface area (Å²) in [7, 11) is 0. The lowest BCUT2D eigenvalue weighted by molar-refractivity contribution is -0.144. The topological polar surface area (TPSA) is 455 Å². The molecule has 2 saturated heterocycles. The van der Waals surface area contributed by atoms with E-state index < -0.39 is 139 Å². The van der Waals surface area contributed by atoms with E-state index in [1.54, 1.807) is 60.7 Å².